The molecule has 0 heterocycles. The Hall–Kier alpha value is -0.650. The lowest BCUT2D eigenvalue weighted by molar-refractivity contribution is -0.124. The summed E-state index contributed by atoms with van der Waals surface area (Å²) < 4.78 is 10.1. The van der Waals surface area contributed by atoms with Crippen LogP contribution in [0.15, 0.2) is 0 Å². The lowest BCUT2D eigenvalue weighted by Gasteiger charge is -2.09. The number of methoxy groups -OCH3 is 1. The molecule has 0 aromatic rings. The molecule has 0 aromatic carbocycles. The van der Waals surface area contributed by atoms with Crippen molar-refractivity contribution in [2.24, 2.45) is 11.7 Å². The van der Waals surface area contributed by atoms with E-state index in [0.29, 0.717) is 32.9 Å². The number of carbonyl (C=O) groups excluding carboxylic acids is 1. The molecule has 0 aromatic heterocycles. The molecule has 96 valence electrons. The highest BCUT2D eigenvalue weighted by Gasteiger charge is 2.08. The molecule has 0 radical (unpaired) electrons. The highest BCUT2D eigenvalue weighted by atomic mass is 16.5. The zero-order chi connectivity index (χ0) is 12.2. The molecule has 0 rings (SSSR count). The summed E-state index contributed by atoms with van der Waals surface area (Å²) in [6.45, 7) is 4.88. The zero-order valence-corrected chi connectivity index (χ0v) is 10.3. The quantitative estimate of drug-likeness (QED) is 0.525. The van der Waals surface area contributed by atoms with E-state index in [4.69, 9.17) is 15.2 Å². The van der Waals surface area contributed by atoms with Crippen LogP contribution in [0.3, 0.4) is 0 Å². The molecular formula is C11H24N2O3. The molecule has 1 atom stereocenters. The fourth-order valence-electron chi connectivity index (χ4n) is 1.07. The van der Waals surface area contributed by atoms with Crippen LogP contribution in [0.5, 0.6) is 0 Å². The summed E-state index contributed by atoms with van der Waals surface area (Å²) in [5.74, 6) is -0.0687. The van der Waals surface area contributed by atoms with Crippen LogP contribution in [0.4, 0.5) is 0 Å². The first-order valence-corrected chi connectivity index (χ1v) is 5.76. The lowest BCUT2D eigenvalue weighted by atomic mass is 10.1. The number of carbonyl (C=O) groups is 1. The molecule has 0 saturated carbocycles. The van der Waals surface area contributed by atoms with Crippen molar-refractivity contribution in [1.82, 2.24) is 5.32 Å². The Balaban J connectivity index is 3.18. The van der Waals surface area contributed by atoms with E-state index in [-0.39, 0.29) is 11.8 Å². The van der Waals surface area contributed by atoms with Gasteiger partial charge >= 0.3 is 0 Å². The van der Waals surface area contributed by atoms with Crippen LogP contribution in [0.1, 0.15) is 19.8 Å². The van der Waals surface area contributed by atoms with Gasteiger partial charge < -0.3 is 20.5 Å². The second kappa shape index (κ2) is 10.9. The highest BCUT2D eigenvalue weighted by molar-refractivity contribution is 5.78. The Bertz CT molecular complexity index is 177. The van der Waals surface area contributed by atoms with Gasteiger partial charge in [-0.3, -0.25) is 4.79 Å². The van der Waals surface area contributed by atoms with Crippen molar-refractivity contribution in [3.8, 4) is 0 Å². The summed E-state index contributed by atoms with van der Waals surface area (Å²) in [5.41, 5.74) is 5.38. The maximum atomic E-state index is 11.3. The molecule has 0 aliphatic carbocycles. The van der Waals surface area contributed by atoms with Crippen molar-refractivity contribution in [1.29, 1.82) is 0 Å². The van der Waals surface area contributed by atoms with E-state index in [1.54, 1.807) is 7.11 Å². The van der Waals surface area contributed by atoms with Gasteiger partial charge in [-0.05, 0) is 12.8 Å². The fraction of sp³-hybridized carbons (Fsp3) is 0.909. The topological polar surface area (TPSA) is 73.6 Å². The monoisotopic (exact) mass is 232 g/mol. The smallest absolute Gasteiger partial charge is 0.224 e. The SMILES string of the molecule is COCCOCCCCNC(=O)C(C)CN. The minimum atomic E-state index is -0.0991. The van der Waals surface area contributed by atoms with E-state index in [1.165, 1.54) is 0 Å². The number of ether oxygens (including phenoxy) is 2. The van der Waals surface area contributed by atoms with Gasteiger partial charge in [0.25, 0.3) is 0 Å². The van der Waals surface area contributed by atoms with Crippen molar-refractivity contribution < 1.29 is 14.3 Å². The second-order valence-corrected chi connectivity index (χ2v) is 3.74. The number of rotatable bonds is 10. The normalized spacial score (nSPS) is 12.4. The second-order valence-electron chi connectivity index (χ2n) is 3.74. The summed E-state index contributed by atoms with van der Waals surface area (Å²) in [5, 5.41) is 2.84. The molecule has 5 nitrogen and oxygen atoms in total. The van der Waals surface area contributed by atoms with E-state index in [9.17, 15) is 4.79 Å². The van der Waals surface area contributed by atoms with Crippen LogP contribution in [-0.2, 0) is 14.3 Å². The summed E-state index contributed by atoms with van der Waals surface area (Å²) >= 11 is 0. The Morgan fingerprint density at radius 3 is 2.69 bits per heavy atom. The number of nitrogens with one attached hydrogen (secondary N) is 1. The molecule has 0 spiro atoms. The van der Waals surface area contributed by atoms with E-state index in [0.717, 1.165) is 12.8 Å². The molecule has 1 unspecified atom stereocenters. The van der Waals surface area contributed by atoms with Gasteiger partial charge in [0, 0.05) is 32.7 Å². The first kappa shape index (κ1) is 15.3. The Labute approximate surface area is 97.7 Å². The van der Waals surface area contributed by atoms with E-state index >= 15 is 0 Å². The number of hydrogen-bond donors (Lipinski definition) is 2. The lowest BCUT2D eigenvalue weighted by Crippen LogP contribution is -2.33. The number of amides is 1. The minimum absolute atomic E-state index is 0.0304. The van der Waals surface area contributed by atoms with E-state index in [1.807, 2.05) is 6.92 Å². The first-order chi connectivity index (χ1) is 7.72. The maximum Gasteiger partial charge on any atom is 0.224 e. The molecule has 0 aliphatic heterocycles. The number of unbranched alkanes of at least 4 members (excludes halogenated alkanes) is 1. The Kier molecular flexibility index (Phi) is 10.4. The van der Waals surface area contributed by atoms with Crippen molar-refractivity contribution in [3.63, 3.8) is 0 Å². The highest BCUT2D eigenvalue weighted by Crippen LogP contribution is 1.92. The zero-order valence-electron chi connectivity index (χ0n) is 10.3. The van der Waals surface area contributed by atoms with Crippen LogP contribution >= 0.6 is 0 Å². The number of hydrogen-bond acceptors (Lipinski definition) is 4. The van der Waals surface area contributed by atoms with Gasteiger partial charge in [0.15, 0.2) is 0 Å². The van der Waals surface area contributed by atoms with Gasteiger partial charge in [-0.15, -0.1) is 0 Å². The third-order valence-electron chi connectivity index (χ3n) is 2.25. The van der Waals surface area contributed by atoms with Crippen molar-refractivity contribution in [2.75, 3.05) is 40.0 Å². The molecule has 16 heavy (non-hydrogen) atoms. The summed E-state index contributed by atoms with van der Waals surface area (Å²) in [6.07, 6.45) is 1.87. The van der Waals surface area contributed by atoms with Gasteiger partial charge in [-0.2, -0.15) is 0 Å². The molecule has 3 N–H and O–H groups in total. The Morgan fingerprint density at radius 1 is 1.31 bits per heavy atom. The molecular weight excluding hydrogens is 208 g/mol. The van der Waals surface area contributed by atoms with Gasteiger partial charge in [0.05, 0.1) is 13.2 Å². The summed E-state index contributed by atoms with van der Waals surface area (Å²) in [4.78, 5) is 11.3. The summed E-state index contributed by atoms with van der Waals surface area (Å²) in [6, 6.07) is 0. The summed E-state index contributed by atoms with van der Waals surface area (Å²) in [7, 11) is 1.65. The predicted molar refractivity (Wildman–Crippen MR) is 63.2 cm³/mol. The molecule has 0 bridgehead atoms. The molecule has 0 fully saturated rings. The number of nitrogens with two attached hydrogens (primary N) is 1. The van der Waals surface area contributed by atoms with Crippen molar-refractivity contribution in [3.05, 3.63) is 0 Å². The van der Waals surface area contributed by atoms with Crippen molar-refractivity contribution >= 4 is 5.91 Å². The van der Waals surface area contributed by atoms with Crippen LogP contribution in [0.2, 0.25) is 0 Å². The van der Waals surface area contributed by atoms with E-state index in [2.05, 4.69) is 5.32 Å². The first-order valence-electron chi connectivity index (χ1n) is 5.76. The third-order valence-corrected chi connectivity index (χ3v) is 2.25. The standard InChI is InChI=1S/C11H24N2O3/c1-10(9-12)11(14)13-5-3-4-6-16-8-7-15-2/h10H,3-9,12H2,1-2H3,(H,13,14). The Morgan fingerprint density at radius 2 is 2.06 bits per heavy atom. The third kappa shape index (κ3) is 8.64. The average molecular weight is 232 g/mol. The van der Waals surface area contributed by atoms with Crippen molar-refractivity contribution in [2.45, 2.75) is 19.8 Å². The fourth-order valence-corrected chi connectivity index (χ4v) is 1.07. The van der Waals surface area contributed by atoms with Crippen LogP contribution < -0.4 is 11.1 Å². The van der Waals surface area contributed by atoms with Gasteiger partial charge in [-0.25, -0.2) is 0 Å². The average Bonchev–Trinajstić information content (AvgIpc) is 2.31. The van der Waals surface area contributed by atoms with Gasteiger partial charge in [0.1, 0.15) is 0 Å². The molecule has 5 heteroatoms. The largest absolute Gasteiger partial charge is 0.382 e. The van der Waals surface area contributed by atoms with Crippen LogP contribution in [0.25, 0.3) is 0 Å². The van der Waals surface area contributed by atoms with Crippen LogP contribution in [0, 0.1) is 5.92 Å². The van der Waals surface area contributed by atoms with Gasteiger partial charge in [-0.1, -0.05) is 6.92 Å². The molecule has 0 aliphatic rings. The van der Waals surface area contributed by atoms with Crippen LogP contribution in [-0.4, -0.2) is 45.9 Å². The minimum Gasteiger partial charge on any atom is -0.382 e. The maximum absolute atomic E-state index is 11.3. The van der Waals surface area contributed by atoms with Gasteiger partial charge in [0.2, 0.25) is 5.91 Å². The molecule has 1 amide bonds. The predicted octanol–water partition coefficient (Wildman–Crippen LogP) is 0.141. The molecule has 0 saturated heterocycles. The van der Waals surface area contributed by atoms with E-state index < -0.39 is 0 Å².